The lowest BCUT2D eigenvalue weighted by Gasteiger charge is -2.18. The summed E-state index contributed by atoms with van der Waals surface area (Å²) in [7, 11) is 0. The van der Waals surface area contributed by atoms with Gasteiger partial charge < -0.3 is 5.32 Å². The maximum Gasteiger partial charge on any atom is 0.0970 e. The molecule has 1 aliphatic rings. The highest BCUT2D eigenvalue weighted by atomic mass is 15.0. The minimum absolute atomic E-state index is 0.0178. The minimum Gasteiger partial charge on any atom is -0.346 e. The molecule has 0 aliphatic carbocycles. The second-order valence-corrected chi connectivity index (χ2v) is 8.42. The maximum absolute atomic E-state index is 4.67. The number of pyridine rings is 1. The first-order chi connectivity index (χ1) is 16.8. The first-order valence-corrected chi connectivity index (χ1v) is 11.4. The lowest BCUT2D eigenvalue weighted by atomic mass is 9.95. The number of aromatic nitrogens is 1. The third-order valence-electron chi connectivity index (χ3n) is 6.32. The fourth-order valence-electron chi connectivity index (χ4n) is 4.51. The first-order valence-electron chi connectivity index (χ1n) is 11.4. The van der Waals surface area contributed by atoms with E-state index >= 15 is 0 Å². The van der Waals surface area contributed by atoms with Gasteiger partial charge in [-0.1, -0.05) is 97.1 Å². The molecule has 5 aromatic rings. The Labute approximate surface area is 199 Å². The molecular formula is C31H23N3. The molecule has 1 aromatic heterocycles. The van der Waals surface area contributed by atoms with Gasteiger partial charge in [0.1, 0.15) is 0 Å². The number of aliphatic imine (C=N–C) groups is 1. The van der Waals surface area contributed by atoms with Crippen molar-refractivity contribution in [1.29, 1.82) is 0 Å². The van der Waals surface area contributed by atoms with Gasteiger partial charge in [-0.15, -0.1) is 0 Å². The number of hydrogen-bond donors (Lipinski definition) is 1. The van der Waals surface area contributed by atoms with Gasteiger partial charge in [-0.2, -0.15) is 0 Å². The number of hydrogen-bond acceptors (Lipinski definition) is 3. The van der Waals surface area contributed by atoms with E-state index in [-0.39, 0.29) is 6.04 Å². The van der Waals surface area contributed by atoms with Crippen LogP contribution in [-0.4, -0.2) is 11.3 Å². The minimum atomic E-state index is -0.0178. The highest BCUT2D eigenvalue weighted by molar-refractivity contribution is 5.96. The van der Waals surface area contributed by atoms with Crippen molar-refractivity contribution in [3.63, 3.8) is 0 Å². The molecule has 34 heavy (non-hydrogen) atoms. The van der Waals surface area contributed by atoms with Crippen LogP contribution in [0.1, 0.15) is 17.2 Å². The Balaban J connectivity index is 1.26. The molecule has 0 spiro atoms. The SMILES string of the molecule is C1=NC(c2ccc(-c3cccc4ccccc34)cc2)C=C(c2ccc(-c3cccnc3)cc2)N1. The standard InChI is InChI=1S/C31H23N3/c1-2-8-28-23(5-1)6-3-9-29(28)24-12-16-26(17-13-24)31-19-30(33-21-34-31)25-14-10-22(11-15-25)27-7-4-18-32-20-27/h1-21,31H,(H,33,34). The van der Waals surface area contributed by atoms with Crippen LogP contribution >= 0.6 is 0 Å². The largest absolute Gasteiger partial charge is 0.346 e. The van der Waals surface area contributed by atoms with E-state index in [0.717, 1.165) is 22.4 Å². The van der Waals surface area contributed by atoms with Crippen LogP contribution in [0.25, 0.3) is 38.7 Å². The predicted octanol–water partition coefficient (Wildman–Crippen LogP) is 7.28. The average Bonchev–Trinajstić information content (AvgIpc) is 2.93. The van der Waals surface area contributed by atoms with Crippen molar-refractivity contribution in [2.75, 3.05) is 0 Å². The molecule has 0 radical (unpaired) electrons. The Morgan fingerprint density at radius 2 is 1.38 bits per heavy atom. The maximum atomic E-state index is 4.67. The molecule has 3 nitrogen and oxygen atoms in total. The summed E-state index contributed by atoms with van der Waals surface area (Å²) in [6, 6.07) is 36.3. The Hall–Kier alpha value is -4.50. The monoisotopic (exact) mass is 437 g/mol. The van der Waals surface area contributed by atoms with E-state index in [4.69, 9.17) is 0 Å². The molecule has 1 N–H and O–H groups in total. The molecule has 6 rings (SSSR count). The highest BCUT2D eigenvalue weighted by Crippen LogP contribution is 2.31. The quantitative estimate of drug-likeness (QED) is 0.321. The van der Waals surface area contributed by atoms with Crippen molar-refractivity contribution >= 4 is 22.8 Å². The van der Waals surface area contributed by atoms with Gasteiger partial charge >= 0.3 is 0 Å². The van der Waals surface area contributed by atoms with Crippen molar-refractivity contribution in [3.8, 4) is 22.3 Å². The van der Waals surface area contributed by atoms with Gasteiger partial charge in [0.15, 0.2) is 0 Å². The number of benzene rings is 4. The number of rotatable bonds is 4. The van der Waals surface area contributed by atoms with Crippen LogP contribution < -0.4 is 5.32 Å². The summed E-state index contributed by atoms with van der Waals surface area (Å²) < 4.78 is 0. The number of nitrogens with zero attached hydrogens (tertiary/aromatic N) is 2. The zero-order valence-corrected chi connectivity index (χ0v) is 18.6. The molecule has 2 heterocycles. The van der Waals surface area contributed by atoms with Crippen LogP contribution in [0.4, 0.5) is 0 Å². The summed E-state index contributed by atoms with van der Waals surface area (Å²) in [6.07, 6.45) is 7.67. The second kappa shape index (κ2) is 8.80. The molecule has 4 aromatic carbocycles. The van der Waals surface area contributed by atoms with Gasteiger partial charge in [0.2, 0.25) is 0 Å². The van der Waals surface area contributed by atoms with Gasteiger partial charge in [0.25, 0.3) is 0 Å². The summed E-state index contributed by atoms with van der Waals surface area (Å²) in [5, 5.41) is 5.84. The molecule has 0 saturated heterocycles. The van der Waals surface area contributed by atoms with E-state index in [1.54, 1.807) is 12.5 Å². The second-order valence-electron chi connectivity index (χ2n) is 8.42. The zero-order chi connectivity index (χ0) is 22.7. The third kappa shape index (κ3) is 3.89. The molecule has 3 heteroatoms. The summed E-state index contributed by atoms with van der Waals surface area (Å²) in [4.78, 5) is 8.89. The summed E-state index contributed by atoms with van der Waals surface area (Å²) in [6.45, 7) is 0. The molecule has 0 bridgehead atoms. The van der Waals surface area contributed by atoms with E-state index in [1.165, 1.54) is 27.5 Å². The average molecular weight is 438 g/mol. The van der Waals surface area contributed by atoms with Crippen LogP contribution in [0.2, 0.25) is 0 Å². The molecule has 1 atom stereocenters. The molecule has 1 unspecified atom stereocenters. The fourth-order valence-corrected chi connectivity index (χ4v) is 4.51. The van der Waals surface area contributed by atoms with Gasteiger partial charge in [-0.3, -0.25) is 9.98 Å². The number of nitrogens with one attached hydrogen (secondary N) is 1. The van der Waals surface area contributed by atoms with Crippen molar-refractivity contribution in [2.45, 2.75) is 6.04 Å². The Kier molecular flexibility index (Phi) is 5.21. The molecule has 0 saturated carbocycles. The third-order valence-corrected chi connectivity index (χ3v) is 6.32. The van der Waals surface area contributed by atoms with Crippen LogP contribution in [0.15, 0.2) is 127 Å². The molecule has 1 aliphatic heterocycles. The van der Waals surface area contributed by atoms with Crippen LogP contribution in [0, 0.1) is 0 Å². The van der Waals surface area contributed by atoms with Crippen LogP contribution in [0.3, 0.4) is 0 Å². The normalized spacial score (nSPS) is 15.1. The van der Waals surface area contributed by atoms with Crippen LogP contribution in [-0.2, 0) is 0 Å². The highest BCUT2D eigenvalue weighted by Gasteiger charge is 2.14. The molecule has 0 amide bonds. The van der Waals surface area contributed by atoms with Crippen LogP contribution in [0.5, 0.6) is 0 Å². The van der Waals surface area contributed by atoms with Crippen molar-refractivity contribution in [3.05, 3.63) is 133 Å². The van der Waals surface area contributed by atoms with E-state index in [0.29, 0.717) is 0 Å². The summed E-state index contributed by atoms with van der Waals surface area (Å²) >= 11 is 0. The first kappa shape index (κ1) is 20.1. The molecule has 162 valence electrons. The van der Waals surface area contributed by atoms with Crippen molar-refractivity contribution in [1.82, 2.24) is 10.3 Å². The van der Waals surface area contributed by atoms with Gasteiger partial charge in [-0.05, 0) is 56.3 Å². The predicted molar refractivity (Wildman–Crippen MR) is 141 cm³/mol. The topological polar surface area (TPSA) is 37.3 Å². The smallest absolute Gasteiger partial charge is 0.0970 e. The Morgan fingerprint density at radius 3 is 2.21 bits per heavy atom. The van der Waals surface area contributed by atoms with E-state index in [1.807, 2.05) is 12.3 Å². The van der Waals surface area contributed by atoms with Gasteiger partial charge in [-0.25, -0.2) is 0 Å². The lowest BCUT2D eigenvalue weighted by molar-refractivity contribution is 0.892. The van der Waals surface area contributed by atoms with Crippen molar-refractivity contribution < 1.29 is 0 Å². The lowest BCUT2D eigenvalue weighted by Crippen LogP contribution is -2.15. The van der Waals surface area contributed by atoms with E-state index in [9.17, 15) is 0 Å². The Bertz CT molecular complexity index is 1490. The molecular weight excluding hydrogens is 414 g/mol. The summed E-state index contributed by atoms with van der Waals surface area (Å²) in [5.41, 5.74) is 8.11. The van der Waals surface area contributed by atoms with Gasteiger partial charge in [0, 0.05) is 18.1 Å². The Morgan fingerprint density at radius 1 is 0.618 bits per heavy atom. The number of fused-ring (bicyclic) bond motifs is 1. The molecule has 0 fully saturated rings. The fraction of sp³-hybridized carbons (Fsp3) is 0.0323. The van der Waals surface area contributed by atoms with E-state index < -0.39 is 0 Å². The zero-order valence-electron chi connectivity index (χ0n) is 18.6. The summed E-state index contributed by atoms with van der Waals surface area (Å²) in [5.74, 6) is 0. The van der Waals surface area contributed by atoms with E-state index in [2.05, 4.69) is 118 Å². The van der Waals surface area contributed by atoms with Gasteiger partial charge in [0.05, 0.1) is 12.4 Å². The van der Waals surface area contributed by atoms with Crippen molar-refractivity contribution in [2.24, 2.45) is 4.99 Å².